The molecule has 210 valence electrons. The van der Waals surface area contributed by atoms with Crippen LogP contribution in [0.25, 0.3) is 11.1 Å². The third-order valence-corrected chi connectivity index (χ3v) is 5.58. The largest absolute Gasteiger partial charge is 0.573 e. The lowest BCUT2D eigenvalue weighted by Crippen LogP contribution is -2.19. The molecule has 0 aliphatic rings. The van der Waals surface area contributed by atoms with Crippen LogP contribution in [0.2, 0.25) is 0 Å². The maximum absolute atomic E-state index is 12.5. The second-order valence-electron chi connectivity index (χ2n) is 8.73. The number of alkyl halides is 3. The van der Waals surface area contributed by atoms with Crippen molar-refractivity contribution >= 4 is 12.0 Å². The van der Waals surface area contributed by atoms with Crippen LogP contribution in [0.15, 0.2) is 48.8 Å². The Balaban J connectivity index is 0.00000175. The Morgan fingerprint density at radius 1 is 1.18 bits per heavy atom. The highest BCUT2D eigenvalue weighted by Crippen LogP contribution is 2.37. The van der Waals surface area contributed by atoms with E-state index in [2.05, 4.69) is 61.0 Å². The zero-order chi connectivity index (χ0) is 29.3. The standard InChI is InChI=1S/C26H32F3NO.C3H5F.C2H4O/c1-6-9-11-20(8-3)22-17-24(19(4)25(18-22)30(5)16-10-7-2)21-12-14-23(15-13-21)31-26(27,28)29;1-3(2)4;1-2-3/h12-15,17-18,20H,6,8-9,11,16H2,1-5H3;1H2,2H3;2H,1H3. The summed E-state index contributed by atoms with van der Waals surface area (Å²) in [7, 11) is 2.02. The number of anilines is 1. The molecule has 0 aromatic heterocycles. The summed E-state index contributed by atoms with van der Waals surface area (Å²) in [5.41, 5.74) is 5.34. The van der Waals surface area contributed by atoms with Crippen molar-refractivity contribution in [3.05, 3.63) is 59.9 Å². The Morgan fingerprint density at radius 3 is 2.18 bits per heavy atom. The van der Waals surface area contributed by atoms with Crippen LogP contribution in [0, 0.1) is 18.8 Å². The lowest BCUT2D eigenvalue weighted by molar-refractivity contribution is -0.274. The van der Waals surface area contributed by atoms with E-state index in [0.29, 0.717) is 12.5 Å². The van der Waals surface area contributed by atoms with Gasteiger partial charge in [-0.1, -0.05) is 57.4 Å². The molecule has 0 saturated heterocycles. The number of benzene rings is 2. The Bertz CT molecular complexity index is 1050. The zero-order valence-corrected chi connectivity index (χ0v) is 23.6. The molecular formula is C31H41F4NO2. The highest BCUT2D eigenvalue weighted by atomic mass is 19.4. The predicted octanol–water partition coefficient (Wildman–Crippen LogP) is 9.40. The number of allylic oxidation sites excluding steroid dienone is 1. The van der Waals surface area contributed by atoms with Gasteiger partial charge in [0.25, 0.3) is 0 Å². The molecule has 3 nitrogen and oxygen atoms in total. The highest BCUT2D eigenvalue weighted by molar-refractivity contribution is 5.76. The van der Waals surface area contributed by atoms with E-state index < -0.39 is 6.36 Å². The van der Waals surface area contributed by atoms with E-state index in [1.54, 1.807) is 12.1 Å². The highest BCUT2D eigenvalue weighted by Gasteiger charge is 2.31. The smallest absolute Gasteiger partial charge is 0.406 e. The van der Waals surface area contributed by atoms with Crippen LogP contribution in [0.4, 0.5) is 23.2 Å². The monoisotopic (exact) mass is 535 g/mol. The van der Waals surface area contributed by atoms with E-state index in [1.165, 1.54) is 31.5 Å². The van der Waals surface area contributed by atoms with Gasteiger partial charge in [0.15, 0.2) is 0 Å². The van der Waals surface area contributed by atoms with Crippen LogP contribution in [-0.4, -0.2) is 26.2 Å². The lowest BCUT2D eigenvalue weighted by atomic mass is 9.86. The Hall–Kier alpha value is -3.27. The number of carbonyl (C=O) groups is 1. The van der Waals surface area contributed by atoms with Crippen LogP contribution in [0.5, 0.6) is 5.75 Å². The predicted molar refractivity (Wildman–Crippen MR) is 150 cm³/mol. The maximum Gasteiger partial charge on any atom is 0.573 e. The third kappa shape index (κ3) is 13.3. The fraction of sp³-hybridized carbons (Fsp3) is 0.452. The summed E-state index contributed by atoms with van der Waals surface area (Å²) in [6.45, 7) is 14.5. The molecule has 0 N–H and O–H groups in total. The number of nitrogens with zero attached hydrogens (tertiary/aromatic N) is 1. The summed E-state index contributed by atoms with van der Waals surface area (Å²) in [5, 5.41) is 0. The molecule has 0 heterocycles. The molecule has 0 bridgehead atoms. The van der Waals surface area contributed by atoms with Crippen molar-refractivity contribution in [3.63, 3.8) is 0 Å². The second-order valence-corrected chi connectivity index (χ2v) is 8.73. The molecule has 38 heavy (non-hydrogen) atoms. The minimum Gasteiger partial charge on any atom is -0.406 e. The molecule has 2 aromatic carbocycles. The number of hydrogen-bond acceptors (Lipinski definition) is 3. The van der Waals surface area contributed by atoms with Gasteiger partial charge in [-0.3, -0.25) is 0 Å². The van der Waals surface area contributed by atoms with Crippen molar-refractivity contribution < 1.29 is 27.1 Å². The normalized spacial score (nSPS) is 10.9. The van der Waals surface area contributed by atoms with E-state index >= 15 is 0 Å². The first-order valence-corrected chi connectivity index (χ1v) is 12.7. The second kappa shape index (κ2) is 18.1. The number of unbranched alkanes of at least 4 members (excludes halogenated alkanes) is 1. The molecule has 1 unspecified atom stereocenters. The van der Waals surface area contributed by atoms with E-state index in [0.717, 1.165) is 54.3 Å². The Kier molecular flexibility index (Phi) is 16.5. The third-order valence-electron chi connectivity index (χ3n) is 5.58. The molecule has 1 atom stereocenters. The SMILES string of the molecule is C=C(C)F.CC#CCN(C)c1cc(C(CC)CCCC)cc(-c2ccc(OC(F)(F)F)cc2)c1C.CC=O. The lowest BCUT2D eigenvalue weighted by Gasteiger charge is -2.25. The van der Waals surface area contributed by atoms with Gasteiger partial charge >= 0.3 is 6.36 Å². The number of ether oxygens (including phenoxy) is 1. The van der Waals surface area contributed by atoms with Crippen LogP contribution in [-0.2, 0) is 4.79 Å². The molecule has 0 aliphatic carbocycles. The molecule has 0 fully saturated rings. The summed E-state index contributed by atoms with van der Waals surface area (Å²) in [6.07, 6.45) is 0.526. The minimum atomic E-state index is -4.69. The summed E-state index contributed by atoms with van der Waals surface area (Å²) < 4.78 is 52.4. The van der Waals surface area contributed by atoms with Gasteiger partial charge in [-0.15, -0.1) is 19.1 Å². The van der Waals surface area contributed by atoms with E-state index in [9.17, 15) is 17.6 Å². The Labute approximate surface area is 225 Å². The fourth-order valence-corrected chi connectivity index (χ4v) is 3.83. The Morgan fingerprint density at radius 2 is 1.74 bits per heavy atom. The van der Waals surface area contributed by atoms with Crippen molar-refractivity contribution in [2.45, 2.75) is 79.5 Å². The quantitative estimate of drug-likeness (QED) is 0.182. The maximum atomic E-state index is 12.5. The van der Waals surface area contributed by atoms with Gasteiger partial charge in [-0.05, 0) is 86.9 Å². The van der Waals surface area contributed by atoms with Crippen LogP contribution < -0.4 is 9.64 Å². The van der Waals surface area contributed by atoms with Gasteiger partial charge in [-0.25, -0.2) is 4.39 Å². The van der Waals surface area contributed by atoms with E-state index in [1.807, 2.05) is 14.0 Å². The van der Waals surface area contributed by atoms with Crippen LogP contribution in [0.3, 0.4) is 0 Å². The summed E-state index contributed by atoms with van der Waals surface area (Å²) in [5.74, 6) is 5.94. The van der Waals surface area contributed by atoms with Gasteiger partial charge in [0, 0.05) is 12.7 Å². The fourth-order valence-electron chi connectivity index (χ4n) is 3.83. The molecule has 0 amide bonds. The zero-order valence-electron chi connectivity index (χ0n) is 23.6. The molecule has 0 aliphatic heterocycles. The number of carbonyl (C=O) groups excluding carboxylic acids is 1. The average molecular weight is 536 g/mol. The van der Waals surface area contributed by atoms with Gasteiger partial charge in [0.2, 0.25) is 0 Å². The molecule has 2 aromatic rings. The molecule has 0 spiro atoms. The van der Waals surface area contributed by atoms with E-state index in [-0.39, 0.29) is 11.6 Å². The minimum absolute atomic E-state index is 0.213. The first kappa shape index (κ1) is 34.7. The summed E-state index contributed by atoms with van der Waals surface area (Å²) in [6, 6.07) is 10.6. The number of hydrogen-bond donors (Lipinski definition) is 0. The molecular weight excluding hydrogens is 494 g/mol. The van der Waals surface area contributed by atoms with Crippen LogP contribution >= 0.6 is 0 Å². The van der Waals surface area contributed by atoms with Crippen LogP contribution in [0.1, 0.15) is 77.3 Å². The number of rotatable bonds is 9. The number of aldehydes is 1. The van der Waals surface area contributed by atoms with Gasteiger partial charge < -0.3 is 14.4 Å². The summed E-state index contributed by atoms with van der Waals surface area (Å²) in [4.78, 5) is 10.9. The topological polar surface area (TPSA) is 29.5 Å². The first-order chi connectivity index (χ1) is 17.8. The average Bonchev–Trinajstić information content (AvgIpc) is 2.83. The van der Waals surface area contributed by atoms with Gasteiger partial charge in [-0.2, -0.15) is 0 Å². The summed E-state index contributed by atoms with van der Waals surface area (Å²) >= 11 is 0. The molecule has 7 heteroatoms. The molecule has 0 saturated carbocycles. The van der Waals surface area contributed by atoms with Gasteiger partial charge in [0.1, 0.15) is 12.0 Å². The van der Waals surface area contributed by atoms with Gasteiger partial charge in [0.05, 0.1) is 12.4 Å². The van der Waals surface area contributed by atoms with Crippen molar-refractivity contribution in [2.24, 2.45) is 0 Å². The first-order valence-electron chi connectivity index (χ1n) is 12.7. The number of halogens is 4. The van der Waals surface area contributed by atoms with Crippen molar-refractivity contribution in [2.75, 3.05) is 18.5 Å². The van der Waals surface area contributed by atoms with Crippen molar-refractivity contribution in [3.8, 4) is 28.7 Å². The van der Waals surface area contributed by atoms with Crippen molar-refractivity contribution in [1.29, 1.82) is 0 Å². The molecule has 2 rings (SSSR count). The van der Waals surface area contributed by atoms with E-state index in [4.69, 9.17) is 4.79 Å². The molecule has 0 radical (unpaired) electrons. The van der Waals surface area contributed by atoms with Crippen molar-refractivity contribution in [1.82, 2.24) is 0 Å².